The Kier molecular flexibility index (Phi) is 4.17. The number of rotatable bonds is 5. The van der Waals surface area contributed by atoms with Crippen molar-refractivity contribution < 1.29 is 4.74 Å². The number of aromatic amines is 1. The van der Waals surface area contributed by atoms with Gasteiger partial charge in [0.2, 0.25) is 11.8 Å². The Hall–Kier alpha value is -1.59. The second-order valence-electron chi connectivity index (χ2n) is 3.90. The summed E-state index contributed by atoms with van der Waals surface area (Å²) in [5.41, 5.74) is 1.94. The van der Waals surface area contributed by atoms with Gasteiger partial charge < -0.3 is 10.1 Å². The van der Waals surface area contributed by atoms with E-state index in [4.69, 9.17) is 16.3 Å². The number of nitrogens with zero attached hydrogens (tertiary/aromatic N) is 2. The number of hydrogen-bond donors (Lipinski definition) is 2. The number of aryl methyl sites for hydroxylation is 1. The molecular formula is C12H15ClN4O. The highest BCUT2D eigenvalue weighted by Gasteiger charge is 2.08. The minimum Gasteiger partial charge on any atom is -0.417 e. The quantitative estimate of drug-likeness (QED) is 0.873. The van der Waals surface area contributed by atoms with Crippen LogP contribution in [0.2, 0.25) is 5.02 Å². The van der Waals surface area contributed by atoms with Gasteiger partial charge in [-0.25, -0.2) is 4.98 Å². The van der Waals surface area contributed by atoms with Crippen LogP contribution in [-0.4, -0.2) is 21.7 Å². The summed E-state index contributed by atoms with van der Waals surface area (Å²) in [6.45, 7) is 5.59. The van der Waals surface area contributed by atoms with Crippen molar-refractivity contribution in [2.75, 3.05) is 6.54 Å². The van der Waals surface area contributed by atoms with Crippen LogP contribution in [0.4, 0.5) is 0 Å². The van der Waals surface area contributed by atoms with Gasteiger partial charge in [-0.15, -0.1) is 5.10 Å². The zero-order valence-electron chi connectivity index (χ0n) is 10.3. The largest absolute Gasteiger partial charge is 0.417 e. The molecule has 2 N–H and O–H groups in total. The molecule has 2 aromatic heterocycles. The van der Waals surface area contributed by atoms with Crippen molar-refractivity contribution in [2.45, 2.75) is 20.4 Å². The maximum atomic E-state index is 6.11. The molecule has 0 atom stereocenters. The first-order valence-corrected chi connectivity index (χ1v) is 6.12. The molecule has 0 saturated carbocycles. The van der Waals surface area contributed by atoms with Gasteiger partial charge >= 0.3 is 0 Å². The highest BCUT2D eigenvalue weighted by atomic mass is 35.5. The van der Waals surface area contributed by atoms with Crippen LogP contribution < -0.4 is 10.1 Å². The van der Waals surface area contributed by atoms with Gasteiger partial charge in [-0.3, -0.25) is 5.10 Å². The van der Waals surface area contributed by atoms with Gasteiger partial charge in [0.25, 0.3) is 0 Å². The number of hydrogen-bond acceptors (Lipinski definition) is 4. The van der Waals surface area contributed by atoms with E-state index in [1.807, 2.05) is 19.9 Å². The SMILES string of the molecule is CCNCc1cnc(Oc2cc(C)[nH]n2)c(Cl)c1. The second-order valence-corrected chi connectivity index (χ2v) is 4.31. The van der Waals surface area contributed by atoms with Crippen molar-refractivity contribution in [2.24, 2.45) is 0 Å². The van der Waals surface area contributed by atoms with Crippen LogP contribution in [0.15, 0.2) is 18.3 Å². The molecule has 6 heteroatoms. The van der Waals surface area contributed by atoms with Gasteiger partial charge in [-0.05, 0) is 25.1 Å². The van der Waals surface area contributed by atoms with Crippen LogP contribution in [0.25, 0.3) is 0 Å². The molecule has 2 heterocycles. The topological polar surface area (TPSA) is 62.8 Å². The Balaban J connectivity index is 2.09. The Bertz CT molecular complexity index is 527. The monoisotopic (exact) mass is 266 g/mol. The van der Waals surface area contributed by atoms with Crippen LogP contribution >= 0.6 is 11.6 Å². The minimum atomic E-state index is 0.364. The lowest BCUT2D eigenvalue weighted by Gasteiger charge is -2.06. The van der Waals surface area contributed by atoms with E-state index >= 15 is 0 Å². The zero-order valence-corrected chi connectivity index (χ0v) is 11.1. The second kappa shape index (κ2) is 5.84. The molecule has 0 bridgehead atoms. The molecule has 2 aromatic rings. The molecule has 0 saturated heterocycles. The molecule has 5 nitrogen and oxygen atoms in total. The molecule has 2 rings (SSSR count). The molecule has 0 aliphatic rings. The van der Waals surface area contributed by atoms with Crippen molar-refractivity contribution in [3.05, 3.63) is 34.6 Å². The summed E-state index contributed by atoms with van der Waals surface area (Å²) < 4.78 is 5.48. The Labute approximate surface area is 111 Å². The predicted molar refractivity (Wildman–Crippen MR) is 70.0 cm³/mol. The number of pyridine rings is 1. The lowest BCUT2D eigenvalue weighted by Crippen LogP contribution is -2.11. The van der Waals surface area contributed by atoms with Gasteiger partial charge in [0.15, 0.2) is 0 Å². The molecular weight excluding hydrogens is 252 g/mol. The number of H-pyrrole nitrogens is 1. The first kappa shape index (κ1) is 12.9. The Morgan fingerprint density at radius 2 is 2.28 bits per heavy atom. The van der Waals surface area contributed by atoms with Gasteiger partial charge in [0.05, 0.1) is 0 Å². The third-order valence-corrected chi connectivity index (χ3v) is 2.60. The molecule has 0 fully saturated rings. The van der Waals surface area contributed by atoms with Crippen molar-refractivity contribution in [1.29, 1.82) is 0 Å². The summed E-state index contributed by atoms with van der Waals surface area (Å²) in [5.74, 6) is 0.824. The fourth-order valence-electron chi connectivity index (χ4n) is 1.45. The van der Waals surface area contributed by atoms with E-state index in [0.29, 0.717) is 16.8 Å². The van der Waals surface area contributed by atoms with E-state index in [1.54, 1.807) is 12.3 Å². The minimum absolute atomic E-state index is 0.364. The van der Waals surface area contributed by atoms with Crippen LogP contribution in [0.5, 0.6) is 11.8 Å². The first-order valence-electron chi connectivity index (χ1n) is 5.74. The van der Waals surface area contributed by atoms with Crippen molar-refractivity contribution in [1.82, 2.24) is 20.5 Å². The Morgan fingerprint density at radius 1 is 1.44 bits per heavy atom. The molecule has 96 valence electrons. The lowest BCUT2D eigenvalue weighted by molar-refractivity contribution is 0.443. The van der Waals surface area contributed by atoms with Gasteiger partial charge in [-0.2, -0.15) is 0 Å². The smallest absolute Gasteiger partial charge is 0.240 e. The Morgan fingerprint density at radius 3 is 2.89 bits per heavy atom. The van der Waals surface area contributed by atoms with Gasteiger partial charge in [0, 0.05) is 24.5 Å². The summed E-state index contributed by atoms with van der Waals surface area (Å²) in [6.07, 6.45) is 1.74. The molecule has 0 aromatic carbocycles. The van der Waals surface area contributed by atoms with Gasteiger partial charge in [-0.1, -0.05) is 18.5 Å². The third kappa shape index (κ3) is 3.21. The van der Waals surface area contributed by atoms with Crippen LogP contribution in [0, 0.1) is 6.92 Å². The standard InChI is InChI=1S/C12H15ClN4O/c1-3-14-6-9-5-10(13)12(15-7-9)18-11-4-8(2)16-17-11/h4-5,7,14H,3,6H2,1-2H3,(H,16,17). The lowest BCUT2D eigenvalue weighted by atomic mass is 10.3. The third-order valence-electron chi connectivity index (χ3n) is 2.33. The molecule has 0 amide bonds. The fourth-order valence-corrected chi connectivity index (χ4v) is 1.68. The summed E-state index contributed by atoms with van der Waals surface area (Å²) >= 11 is 6.11. The van der Waals surface area contributed by atoms with E-state index in [-0.39, 0.29) is 0 Å². The van der Waals surface area contributed by atoms with Crippen molar-refractivity contribution in [3.63, 3.8) is 0 Å². The van der Waals surface area contributed by atoms with E-state index in [1.165, 1.54) is 0 Å². The van der Waals surface area contributed by atoms with E-state index in [9.17, 15) is 0 Å². The number of aromatic nitrogens is 3. The molecule has 0 aliphatic carbocycles. The van der Waals surface area contributed by atoms with E-state index < -0.39 is 0 Å². The van der Waals surface area contributed by atoms with Crippen LogP contribution in [0.1, 0.15) is 18.2 Å². The highest BCUT2D eigenvalue weighted by molar-refractivity contribution is 6.31. The molecule has 0 aliphatic heterocycles. The average Bonchev–Trinajstić information content (AvgIpc) is 2.75. The van der Waals surface area contributed by atoms with E-state index in [2.05, 4.69) is 20.5 Å². The summed E-state index contributed by atoms with van der Waals surface area (Å²) in [6, 6.07) is 3.62. The predicted octanol–water partition coefficient (Wildman–Crippen LogP) is 2.67. The normalized spacial score (nSPS) is 10.6. The van der Waals surface area contributed by atoms with Crippen LogP contribution in [-0.2, 0) is 6.54 Å². The maximum absolute atomic E-state index is 6.11. The fraction of sp³-hybridized carbons (Fsp3) is 0.333. The first-order chi connectivity index (χ1) is 8.69. The average molecular weight is 267 g/mol. The molecule has 0 spiro atoms. The zero-order chi connectivity index (χ0) is 13.0. The maximum Gasteiger partial charge on any atom is 0.240 e. The van der Waals surface area contributed by atoms with Crippen LogP contribution in [0.3, 0.4) is 0 Å². The summed E-state index contributed by atoms with van der Waals surface area (Å²) in [4.78, 5) is 4.19. The number of nitrogens with one attached hydrogen (secondary N) is 2. The number of halogens is 1. The molecule has 18 heavy (non-hydrogen) atoms. The van der Waals surface area contributed by atoms with Crippen molar-refractivity contribution >= 4 is 11.6 Å². The number of ether oxygens (including phenoxy) is 1. The summed E-state index contributed by atoms with van der Waals surface area (Å²) in [7, 11) is 0. The molecule has 0 radical (unpaired) electrons. The summed E-state index contributed by atoms with van der Waals surface area (Å²) in [5, 5.41) is 10.4. The molecule has 0 unspecified atom stereocenters. The van der Waals surface area contributed by atoms with Crippen molar-refractivity contribution in [3.8, 4) is 11.8 Å². The van der Waals surface area contributed by atoms with E-state index in [0.717, 1.165) is 24.3 Å². The highest BCUT2D eigenvalue weighted by Crippen LogP contribution is 2.26. The van der Waals surface area contributed by atoms with Gasteiger partial charge in [0.1, 0.15) is 5.02 Å².